The van der Waals surface area contributed by atoms with E-state index in [1.807, 2.05) is 24.3 Å². The number of hydrogen-bond acceptors (Lipinski definition) is 5. The number of carbonyl (C=O) groups excluding carboxylic acids is 2. The van der Waals surface area contributed by atoms with Gasteiger partial charge in [0.05, 0.1) is 6.07 Å². The molecule has 6 rings (SSSR count). The Balaban J connectivity index is 0.00000504. The molecule has 2 amide bonds. The van der Waals surface area contributed by atoms with E-state index in [1.54, 1.807) is 11.9 Å². The highest BCUT2D eigenvalue weighted by Crippen LogP contribution is 2.46. The van der Waals surface area contributed by atoms with Crippen LogP contribution >= 0.6 is 0 Å². The maximum atomic E-state index is 14.2. The molecule has 0 bridgehead atoms. The number of rotatable bonds is 10. The van der Waals surface area contributed by atoms with Gasteiger partial charge >= 0.3 is 0 Å². The summed E-state index contributed by atoms with van der Waals surface area (Å²) >= 11 is 0. The predicted octanol–water partition coefficient (Wildman–Crippen LogP) is 2.40. The Morgan fingerprint density at radius 2 is 1.76 bits per heavy atom. The minimum atomic E-state index is -0.0954. The summed E-state index contributed by atoms with van der Waals surface area (Å²) in [6, 6.07) is 16.7. The second kappa shape index (κ2) is 15.0. The van der Waals surface area contributed by atoms with Crippen LogP contribution in [0.3, 0.4) is 0 Å². The van der Waals surface area contributed by atoms with Crippen molar-refractivity contribution in [2.24, 2.45) is 5.11 Å². The highest BCUT2D eigenvalue weighted by molar-refractivity contribution is 6.02. The lowest BCUT2D eigenvalue weighted by molar-refractivity contribution is -0.588. The molecule has 0 spiro atoms. The number of amides is 2. The number of nitrogens with zero attached hydrogens (tertiary/aromatic N) is 4. The summed E-state index contributed by atoms with van der Waals surface area (Å²) in [5.41, 5.74) is 15.4. The lowest BCUT2D eigenvalue weighted by Crippen LogP contribution is -3.00. The molecule has 3 aromatic carbocycles. The van der Waals surface area contributed by atoms with E-state index in [9.17, 15) is 9.59 Å². The van der Waals surface area contributed by atoms with Crippen molar-refractivity contribution >= 4 is 23.1 Å². The zero-order valence-electron chi connectivity index (χ0n) is 30.8. The van der Waals surface area contributed by atoms with Crippen LogP contribution in [0.2, 0.25) is 0 Å². The van der Waals surface area contributed by atoms with E-state index in [0.29, 0.717) is 56.3 Å². The van der Waals surface area contributed by atoms with E-state index in [1.165, 1.54) is 11.1 Å². The lowest BCUT2D eigenvalue weighted by atomic mass is 9.79. The van der Waals surface area contributed by atoms with Crippen LogP contribution in [0.15, 0.2) is 53.6 Å². The molecule has 11 heteroatoms. The monoisotopic (exact) mass is 711 g/mol. The number of hydrogen-bond donors (Lipinski definition) is 3. The first-order chi connectivity index (χ1) is 23.8. The van der Waals surface area contributed by atoms with Gasteiger partial charge in [-0.2, -0.15) is 0 Å². The Kier molecular flexibility index (Phi) is 11.1. The summed E-state index contributed by atoms with van der Waals surface area (Å²) in [7, 11) is 1.80. The number of benzene rings is 3. The third kappa shape index (κ3) is 8.03. The largest absolute Gasteiger partial charge is 1.00 e. The van der Waals surface area contributed by atoms with Crippen molar-refractivity contribution in [3.8, 4) is 11.5 Å². The molecular weight excluding hydrogens is 662 g/mol. The SMILES string of the molecule is CC1CC(C)(C)Nc2cc3c(cc21)C(c1ccccc1C(=O)N(C)CCCC(=O)NCCCN=[N+]=[N-])=c1cc2c(cc1O3)=[NH+]C(C)(C)CC2C.[Cl-]. The molecule has 0 fully saturated rings. The van der Waals surface area contributed by atoms with Crippen LogP contribution in [-0.2, 0) is 4.79 Å². The van der Waals surface area contributed by atoms with Crippen molar-refractivity contribution in [2.45, 2.75) is 96.6 Å². The zero-order valence-corrected chi connectivity index (χ0v) is 31.6. The van der Waals surface area contributed by atoms with Crippen LogP contribution in [-0.4, -0.2) is 54.5 Å². The average Bonchev–Trinajstić information content (AvgIpc) is 3.04. The summed E-state index contributed by atoms with van der Waals surface area (Å²) in [6.07, 6.45) is 3.44. The van der Waals surface area contributed by atoms with Crippen LogP contribution in [0.1, 0.15) is 118 Å². The summed E-state index contributed by atoms with van der Waals surface area (Å²) in [5.74, 6) is 2.05. The third-order valence-electron chi connectivity index (χ3n) is 10.2. The van der Waals surface area contributed by atoms with Crippen molar-refractivity contribution in [1.82, 2.24) is 10.2 Å². The number of carbonyl (C=O) groups is 2. The molecule has 0 aromatic heterocycles. The summed E-state index contributed by atoms with van der Waals surface area (Å²) in [5, 5.41) is 12.2. The number of azide groups is 1. The van der Waals surface area contributed by atoms with Crippen molar-refractivity contribution in [3.63, 3.8) is 0 Å². The van der Waals surface area contributed by atoms with E-state index in [2.05, 4.69) is 91.5 Å². The highest BCUT2D eigenvalue weighted by atomic mass is 35.5. The van der Waals surface area contributed by atoms with Gasteiger partial charge in [0.1, 0.15) is 11.5 Å². The van der Waals surface area contributed by atoms with Gasteiger partial charge in [0, 0.05) is 89.2 Å². The van der Waals surface area contributed by atoms with Crippen molar-refractivity contribution < 1.29 is 31.7 Å². The molecule has 2 atom stereocenters. The maximum Gasteiger partial charge on any atom is 0.254 e. The quantitative estimate of drug-likeness (QED) is 0.101. The Bertz CT molecular complexity index is 2020. The predicted molar refractivity (Wildman–Crippen MR) is 196 cm³/mol. The average molecular weight is 712 g/mol. The van der Waals surface area contributed by atoms with Gasteiger partial charge in [-0.25, -0.2) is 4.99 Å². The fourth-order valence-electron chi connectivity index (χ4n) is 8.10. The molecule has 3 aromatic rings. The fraction of sp³-hybridized carbons (Fsp3) is 0.475. The molecule has 270 valence electrons. The van der Waals surface area contributed by atoms with Gasteiger partial charge in [0.25, 0.3) is 5.91 Å². The number of halogens is 1. The normalized spacial score (nSPS) is 18.8. The minimum Gasteiger partial charge on any atom is -1.00 e. The second-order valence-electron chi connectivity index (χ2n) is 15.6. The van der Waals surface area contributed by atoms with Crippen LogP contribution in [0.5, 0.6) is 11.5 Å². The first-order valence-corrected chi connectivity index (χ1v) is 17.9. The van der Waals surface area contributed by atoms with Gasteiger partial charge in [-0.15, -0.1) is 0 Å². The molecule has 2 unspecified atom stereocenters. The third-order valence-corrected chi connectivity index (χ3v) is 10.2. The van der Waals surface area contributed by atoms with Gasteiger partial charge in [0.15, 0.2) is 5.54 Å². The van der Waals surface area contributed by atoms with Gasteiger partial charge in [-0.1, -0.05) is 37.2 Å². The molecular formula is C40H50ClN7O3. The molecule has 3 N–H and O–H groups in total. The molecule has 3 aliphatic heterocycles. The summed E-state index contributed by atoms with van der Waals surface area (Å²) in [6.45, 7) is 14.7. The standard InChI is InChI=1S/C40H49N7O3.ClH/c1-24-22-39(3,4)44-32-20-34-30(18-28(24)32)37(31-19-29-25(2)23-40(5,6)45-33(29)21-35(31)50-34)26-12-8-9-13-27(26)38(49)47(7)17-10-14-36(48)42-15-11-16-43-46-41;/h8-9,12-13,18-21,24-25,44H,10-11,14-17,22-23H2,1-7H3,(H,42,48);1H. The molecule has 51 heavy (non-hydrogen) atoms. The Hall–Kier alpha value is -4.53. The van der Waals surface area contributed by atoms with Crippen molar-refractivity contribution in [3.05, 3.63) is 97.4 Å². The molecule has 0 radical (unpaired) electrons. The Morgan fingerprint density at radius 3 is 2.53 bits per heavy atom. The van der Waals surface area contributed by atoms with E-state index >= 15 is 0 Å². The van der Waals surface area contributed by atoms with Crippen molar-refractivity contribution in [1.29, 1.82) is 0 Å². The van der Waals surface area contributed by atoms with Crippen LogP contribution in [0, 0.1) is 0 Å². The fourth-order valence-corrected chi connectivity index (χ4v) is 8.10. The summed E-state index contributed by atoms with van der Waals surface area (Å²) in [4.78, 5) is 34.8. The summed E-state index contributed by atoms with van der Waals surface area (Å²) < 4.78 is 6.78. The lowest BCUT2D eigenvalue weighted by Gasteiger charge is -2.38. The van der Waals surface area contributed by atoms with Gasteiger partial charge in [-0.3, -0.25) is 9.59 Å². The van der Waals surface area contributed by atoms with Crippen LogP contribution in [0.4, 0.5) is 5.69 Å². The topological polar surface area (TPSA) is 133 Å². The Morgan fingerprint density at radius 1 is 1.02 bits per heavy atom. The smallest absolute Gasteiger partial charge is 0.254 e. The number of fused-ring (bicyclic) bond motifs is 4. The molecule has 3 aliphatic rings. The second-order valence-corrected chi connectivity index (χ2v) is 15.6. The first-order valence-electron chi connectivity index (χ1n) is 17.9. The van der Waals surface area contributed by atoms with E-state index in [4.69, 9.17) is 10.3 Å². The number of ether oxygens (including phenoxy) is 1. The number of nitrogens with one attached hydrogen (secondary N) is 3. The van der Waals surface area contributed by atoms with Crippen LogP contribution < -0.4 is 43.3 Å². The van der Waals surface area contributed by atoms with E-state index in [-0.39, 0.29) is 35.3 Å². The molecule has 0 aliphatic carbocycles. The highest BCUT2D eigenvalue weighted by Gasteiger charge is 2.36. The number of anilines is 1. The van der Waals surface area contributed by atoms with E-state index < -0.39 is 0 Å². The maximum absolute atomic E-state index is 14.2. The zero-order chi connectivity index (χ0) is 35.8. The van der Waals surface area contributed by atoms with E-state index in [0.717, 1.165) is 57.3 Å². The van der Waals surface area contributed by atoms with Gasteiger partial charge in [0.2, 0.25) is 11.3 Å². The molecule has 0 saturated carbocycles. The van der Waals surface area contributed by atoms with Crippen LogP contribution in [0.25, 0.3) is 16.0 Å². The molecule has 0 saturated heterocycles. The minimum absolute atomic E-state index is 0. The molecule has 10 nitrogen and oxygen atoms in total. The Labute approximate surface area is 306 Å². The van der Waals surface area contributed by atoms with Crippen molar-refractivity contribution in [2.75, 3.05) is 32.0 Å². The van der Waals surface area contributed by atoms with Gasteiger partial charge in [-0.05, 0) is 93.7 Å². The van der Waals surface area contributed by atoms with Gasteiger partial charge < -0.3 is 32.7 Å². The molecule has 3 heterocycles. The first kappa shape index (κ1) is 37.7.